The van der Waals surface area contributed by atoms with Crippen LogP contribution in [0.3, 0.4) is 0 Å². The second-order valence-electron chi connectivity index (χ2n) is 12.0. The molecule has 0 saturated heterocycles. The molecule has 0 aliphatic carbocycles. The Morgan fingerprint density at radius 1 is 0.562 bits per heavy atom. The van der Waals surface area contributed by atoms with Crippen molar-refractivity contribution in [1.82, 2.24) is 10.3 Å². The first-order chi connectivity index (χ1) is 23.8. The minimum absolute atomic E-state index is 0.402. The SMILES string of the molecule is c1ccc(-c2ccc(C3=NC(c4ccc5ccccc5c4)NC(c4cccc5oc6ccccc6c45)=N3)c3c2oc2cccnc23)cc1. The van der Waals surface area contributed by atoms with Gasteiger partial charge < -0.3 is 14.2 Å². The lowest BCUT2D eigenvalue weighted by molar-refractivity contribution is 0.668. The minimum Gasteiger partial charge on any atom is -0.456 e. The van der Waals surface area contributed by atoms with Gasteiger partial charge in [-0.3, -0.25) is 4.98 Å². The van der Waals surface area contributed by atoms with Crippen molar-refractivity contribution in [3.05, 3.63) is 162 Å². The predicted molar refractivity (Wildman–Crippen MR) is 194 cm³/mol. The Balaban J connectivity index is 1.24. The second-order valence-corrected chi connectivity index (χ2v) is 12.0. The fourth-order valence-corrected chi connectivity index (χ4v) is 6.95. The van der Waals surface area contributed by atoms with E-state index in [-0.39, 0.29) is 0 Å². The number of amidine groups is 2. The quantitative estimate of drug-likeness (QED) is 0.213. The molecule has 0 radical (unpaired) electrons. The minimum atomic E-state index is -0.402. The van der Waals surface area contributed by atoms with Crippen molar-refractivity contribution in [2.75, 3.05) is 0 Å². The Hall–Kier alpha value is -6.53. The maximum atomic E-state index is 6.54. The van der Waals surface area contributed by atoms with Gasteiger partial charge in [-0.15, -0.1) is 0 Å². The number of aliphatic imine (C=N–C) groups is 2. The third-order valence-electron chi connectivity index (χ3n) is 9.19. The highest BCUT2D eigenvalue weighted by molar-refractivity contribution is 6.25. The highest BCUT2D eigenvalue weighted by Crippen LogP contribution is 2.39. The molecule has 0 amide bonds. The molecule has 0 fully saturated rings. The zero-order valence-corrected chi connectivity index (χ0v) is 25.6. The van der Waals surface area contributed by atoms with Crippen LogP contribution >= 0.6 is 0 Å². The van der Waals surface area contributed by atoms with Crippen LogP contribution in [0.15, 0.2) is 165 Å². The van der Waals surface area contributed by atoms with Gasteiger partial charge in [0.15, 0.2) is 11.4 Å². The third kappa shape index (κ3) is 4.16. The van der Waals surface area contributed by atoms with E-state index in [1.54, 1.807) is 6.20 Å². The van der Waals surface area contributed by atoms with Crippen LogP contribution in [0, 0.1) is 0 Å². The lowest BCUT2D eigenvalue weighted by atomic mass is 9.98. The summed E-state index contributed by atoms with van der Waals surface area (Å²) in [6.07, 6.45) is 1.40. The molecule has 1 N–H and O–H groups in total. The third-order valence-corrected chi connectivity index (χ3v) is 9.19. The summed E-state index contributed by atoms with van der Waals surface area (Å²) >= 11 is 0. The first-order valence-electron chi connectivity index (χ1n) is 16.0. The number of aromatic nitrogens is 1. The molecule has 3 aromatic heterocycles. The highest BCUT2D eigenvalue weighted by Gasteiger charge is 2.27. The molecule has 0 saturated carbocycles. The van der Waals surface area contributed by atoms with E-state index in [0.29, 0.717) is 5.84 Å². The van der Waals surface area contributed by atoms with Gasteiger partial charge >= 0.3 is 0 Å². The molecule has 6 aromatic carbocycles. The topological polar surface area (TPSA) is 75.9 Å². The largest absolute Gasteiger partial charge is 0.456 e. The molecule has 10 rings (SSSR count). The number of benzene rings is 6. The van der Waals surface area contributed by atoms with Crippen LogP contribution < -0.4 is 5.32 Å². The summed E-state index contributed by atoms with van der Waals surface area (Å²) in [6.45, 7) is 0. The van der Waals surface area contributed by atoms with Crippen molar-refractivity contribution < 1.29 is 8.83 Å². The number of furan rings is 2. The average Bonchev–Trinajstić information content (AvgIpc) is 3.74. The summed E-state index contributed by atoms with van der Waals surface area (Å²) < 4.78 is 12.8. The molecular formula is C42H26N4O2. The van der Waals surface area contributed by atoms with Crippen LogP contribution in [0.2, 0.25) is 0 Å². The zero-order valence-electron chi connectivity index (χ0n) is 25.6. The summed E-state index contributed by atoms with van der Waals surface area (Å²) in [7, 11) is 0. The van der Waals surface area contributed by atoms with E-state index < -0.39 is 6.17 Å². The van der Waals surface area contributed by atoms with Crippen LogP contribution in [0.1, 0.15) is 22.9 Å². The Morgan fingerprint density at radius 2 is 1.35 bits per heavy atom. The molecule has 1 unspecified atom stereocenters. The van der Waals surface area contributed by atoms with E-state index >= 15 is 0 Å². The summed E-state index contributed by atoms with van der Waals surface area (Å²) in [5, 5.41) is 8.97. The molecule has 9 aromatic rings. The summed E-state index contributed by atoms with van der Waals surface area (Å²) in [4.78, 5) is 15.4. The Kier molecular flexibility index (Phi) is 5.84. The van der Waals surface area contributed by atoms with Crippen LogP contribution in [-0.4, -0.2) is 16.7 Å². The van der Waals surface area contributed by atoms with Crippen LogP contribution in [0.4, 0.5) is 0 Å². The molecule has 1 aliphatic rings. The fraction of sp³-hybridized carbons (Fsp3) is 0.0238. The molecule has 6 heteroatoms. The van der Waals surface area contributed by atoms with Crippen LogP contribution in [0.5, 0.6) is 0 Å². The van der Waals surface area contributed by atoms with E-state index in [9.17, 15) is 0 Å². The van der Waals surface area contributed by atoms with Crippen molar-refractivity contribution in [1.29, 1.82) is 0 Å². The first-order valence-corrected chi connectivity index (χ1v) is 16.0. The van der Waals surface area contributed by atoms with Crippen molar-refractivity contribution in [2.45, 2.75) is 6.17 Å². The number of fused-ring (bicyclic) bond motifs is 7. The van der Waals surface area contributed by atoms with Crippen molar-refractivity contribution >= 4 is 66.5 Å². The number of pyridine rings is 1. The van der Waals surface area contributed by atoms with Gasteiger partial charge in [0.05, 0.1) is 5.39 Å². The van der Waals surface area contributed by atoms with Crippen molar-refractivity contribution in [2.24, 2.45) is 9.98 Å². The summed E-state index contributed by atoms with van der Waals surface area (Å²) in [5.74, 6) is 1.32. The molecule has 1 atom stereocenters. The number of para-hydroxylation sites is 1. The molecule has 1 aliphatic heterocycles. The van der Waals surface area contributed by atoms with E-state index in [1.807, 2.05) is 60.7 Å². The molecule has 6 nitrogen and oxygen atoms in total. The normalized spacial score (nSPS) is 14.9. The average molecular weight is 619 g/mol. The van der Waals surface area contributed by atoms with E-state index in [1.165, 1.54) is 5.39 Å². The predicted octanol–water partition coefficient (Wildman–Crippen LogP) is 10.2. The Morgan fingerprint density at radius 3 is 2.29 bits per heavy atom. The van der Waals surface area contributed by atoms with Crippen molar-refractivity contribution in [3.8, 4) is 11.1 Å². The van der Waals surface area contributed by atoms with Gasteiger partial charge in [-0.25, -0.2) is 9.98 Å². The van der Waals surface area contributed by atoms with Gasteiger partial charge in [0.2, 0.25) is 0 Å². The first kappa shape index (κ1) is 26.7. The monoisotopic (exact) mass is 618 g/mol. The van der Waals surface area contributed by atoms with Gasteiger partial charge in [0.25, 0.3) is 0 Å². The number of rotatable bonds is 4. The summed E-state index contributed by atoms with van der Waals surface area (Å²) in [5.41, 5.74) is 8.81. The van der Waals surface area contributed by atoms with E-state index in [2.05, 4.69) is 84.2 Å². The molecule has 48 heavy (non-hydrogen) atoms. The van der Waals surface area contributed by atoms with E-state index in [0.717, 1.165) is 83.0 Å². The van der Waals surface area contributed by atoms with Gasteiger partial charge in [-0.2, -0.15) is 0 Å². The maximum absolute atomic E-state index is 6.54. The lowest BCUT2D eigenvalue weighted by Gasteiger charge is -2.24. The molecule has 226 valence electrons. The smallest absolute Gasteiger partial charge is 0.160 e. The Bertz CT molecular complexity index is 2770. The van der Waals surface area contributed by atoms with Gasteiger partial charge in [0.1, 0.15) is 34.3 Å². The molecule has 4 heterocycles. The number of hydrogen-bond acceptors (Lipinski definition) is 6. The fourth-order valence-electron chi connectivity index (χ4n) is 6.95. The summed E-state index contributed by atoms with van der Waals surface area (Å²) in [6, 6.07) is 47.5. The van der Waals surface area contributed by atoms with Gasteiger partial charge in [-0.05, 0) is 64.4 Å². The number of nitrogens with zero attached hydrogens (tertiary/aromatic N) is 3. The number of nitrogens with one attached hydrogen (secondary N) is 1. The highest BCUT2D eigenvalue weighted by atomic mass is 16.3. The van der Waals surface area contributed by atoms with Gasteiger partial charge in [0, 0.05) is 33.7 Å². The number of hydrogen-bond donors (Lipinski definition) is 1. The van der Waals surface area contributed by atoms with Crippen LogP contribution in [-0.2, 0) is 0 Å². The van der Waals surface area contributed by atoms with Gasteiger partial charge in [-0.1, -0.05) is 97.1 Å². The maximum Gasteiger partial charge on any atom is 0.160 e. The molecular weight excluding hydrogens is 592 g/mol. The molecule has 0 spiro atoms. The van der Waals surface area contributed by atoms with Crippen molar-refractivity contribution in [3.63, 3.8) is 0 Å². The Labute approximate surface area is 274 Å². The van der Waals surface area contributed by atoms with E-state index in [4.69, 9.17) is 23.8 Å². The lowest BCUT2D eigenvalue weighted by Crippen LogP contribution is -2.33. The second kappa shape index (κ2) is 10.5. The molecule has 0 bridgehead atoms. The zero-order chi connectivity index (χ0) is 31.6. The van der Waals surface area contributed by atoms with Crippen LogP contribution in [0.25, 0.3) is 65.9 Å². The standard InChI is InChI=1S/C42H26N4O2/c1-2-11-26(12-3-1)29-21-22-32(37-38-35(48-39(29)37)18-9-23-43-38)42-45-40(28-20-19-25-10-4-5-13-27(25)24-28)44-41(46-42)31-15-8-17-34-36(31)30-14-6-7-16-33(30)47-34/h1-24,40H,(H,44,45,46).